The zero-order valence-corrected chi connectivity index (χ0v) is 10.2. The van der Waals surface area contributed by atoms with Gasteiger partial charge in [-0.2, -0.15) is 0 Å². The summed E-state index contributed by atoms with van der Waals surface area (Å²) in [7, 11) is 1.62. The lowest BCUT2D eigenvalue weighted by atomic mass is 10.1. The minimum Gasteiger partial charge on any atom is -0.495 e. The Morgan fingerprint density at radius 1 is 1.56 bits per heavy atom. The van der Waals surface area contributed by atoms with Gasteiger partial charge in [0.25, 0.3) is 0 Å². The molecule has 0 saturated carbocycles. The molecule has 16 heavy (non-hydrogen) atoms. The number of benzene rings is 1. The lowest BCUT2D eigenvalue weighted by Gasteiger charge is -2.12. The molecule has 3 nitrogen and oxygen atoms in total. The molecule has 1 aromatic rings. The molecule has 0 amide bonds. The van der Waals surface area contributed by atoms with E-state index in [9.17, 15) is 0 Å². The number of ether oxygens (including phenoxy) is 1. The minimum atomic E-state index is 0.650. The Morgan fingerprint density at radius 2 is 2.44 bits per heavy atom. The summed E-state index contributed by atoms with van der Waals surface area (Å²) >= 11 is 6.05. The van der Waals surface area contributed by atoms with Gasteiger partial charge in [0.2, 0.25) is 0 Å². The van der Waals surface area contributed by atoms with Crippen molar-refractivity contribution in [1.29, 1.82) is 0 Å². The van der Waals surface area contributed by atoms with Crippen LogP contribution in [0.4, 0.5) is 5.69 Å². The molecule has 2 N–H and O–H groups in total. The zero-order valence-electron chi connectivity index (χ0n) is 9.42. The van der Waals surface area contributed by atoms with Gasteiger partial charge < -0.3 is 15.4 Å². The average molecular weight is 241 g/mol. The standard InChI is InChI=1S/C12H17ClN2O/c1-16-12-3-2-10(6-11(12)13)15-8-9-4-5-14-7-9/h2-3,6,9,14-15H,4-5,7-8H2,1H3. The number of halogens is 1. The summed E-state index contributed by atoms with van der Waals surface area (Å²) < 4.78 is 5.11. The van der Waals surface area contributed by atoms with Crippen LogP contribution >= 0.6 is 11.6 Å². The van der Waals surface area contributed by atoms with Crippen LogP contribution in [-0.2, 0) is 0 Å². The number of rotatable bonds is 4. The van der Waals surface area contributed by atoms with Crippen molar-refractivity contribution in [3.05, 3.63) is 23.2 Å². The number of hydrogen-bond acceptors (Lipinski definition) is 3. The predicted molar refractivity (Wildman–Crippen MR) is 67.5 cm³/mol. The van der Waals surface area contributed by atoms with Crippen molar-refractivity contribution in [2.75, 3.05) is 32.1 Å². The Balaban J connectivity index is 1.91. The van der Waals surface area contributed by atoms with Crippen LogP contribution in [0.25, 0.3) is 0 Å². The second-order valence-electron chi connectivity index (χ2n) is 4.09. The van der Waals surface area contributed by atoms with Gasteiger partial charge in [0.05, 0.1) is 12.1 Å². The molecular weight excluding hydrogens is 224 g/mol. The maximum Gasteiger partial charge on any atom is 0.137 e. The quantitative estimate of drug-likeness (QED) is 0.848. The minimum absolute atomic E-state index is 0.650. The Bertz CT molecular complexity index is 351. The molecule has 1 fully saturated rings. The molecule has 1 atom stereocenters. The number of anilines is 1. The van der Waals surface area contributed by atoms with E-state index in [0.717, 1.165) is 37.0 Å². The van der Waals surface area contributed by atoms with E-state index in [-0.39, 0.29) is 0 Å². The maximum atomic E-state index is 6.05. The van der Waals surface area contributed by atoms with E-state index in [0.29, 0.717) is 5.02 Å². The highest BCUT2D eigenvalue weighted by Crippen LogP contribution is 2.27. The third-order valence-electron chi connectivity index (χ3n) is 2.91. The lowest BCUT2D eigenvalue weighted by molar-refractivity contribution is 0.415. The molecule has 1 aromatic carbocycles. The molecular formula is C12H17ClN2O. The number of hydrogen-bond donors (Lipinski definition) is 2. The molecule has 1 aliphatic heterocycles. The van der Waals surface area contributed by atoms with E-state index in [1.54, 1.807) is 7.11 Å². The summed E-state index contributed by atoms with van der Waals surface area (Å²) in [6.45, 7) is 3.24. The van der Waals surface area contributed by atoms with Crippen LogP contribution in [0.5, 0.6) is 5.75 Å². The SMILES string of the molecule is COc1ccc(NCC2CCNC2)cc1Cl. The van der Waals surface area contributed by atoms with E-state index in [2.05, 4.69) is 10.6 Å². The van der Waals surface area contributed by atoms with E-state index in [1.165, 1.54) is 6.42 Å². The van der Waals surface area contributed by atoms with Crippen LogP contribution in [0.15, 0.2) is 18.2 Å². The fourth-order valence-electron chi connectivity index (χ4n) is 1.93. The molecule has 0 spiro atoms. The molecule has 1 aliphatic rings. The van der Waals surface area contributed by atoms with E-state index in [1.807, 2.05) is 18.2 Å². The van der Waals surface area contributed by atoms with Gasteiger partial charge in [-0.25, -0.2) is 0 Å². The predicted octanol–water partition coefficient (Wildman–Crippen LogP) is 2.37. The van der Waals surface area contributed by atoms with Crippen molar-refractivity contribution in [3.8, 4) is 5.75 Å². The number of nitrogens with one attached hydrogen (secondary N) is 2. The molecule has 88 valence electrons. The van der Waals surface area contributed by atoms with Gasteiger partial charge in [0.15, 0.2) is 0 Å². The molecule has 2 rings (SSSR count). The number of methoxy groups -OCH3 is 1. The Labute approximate surface area is 101 Å². The summed E-state index contributed by atoms with van der Waals surface area (Å²) in [6, 6.07) is 5.79. The average Bonchev–Trinajstić information content (AvgIpc) is 2.79. The van der Waals surface area contributed by atoms with Crippen LogP contribution in [0.2, 0.25) is 5.02 Å². The van der Waals surface area contributed by atoms with Crippen molar-refractivity contribution in [2.24, 2.45) is 5.92 Å². The van der Waals surface area contributed by atoms with Gasteiger partial charge in [-0.3, -0.25) is 0 Å². The summed E-state index contributed by atoms with van der Waals surface area (Å²) in [5.41, 5.74) is 1.05. The Morgan fingerprint density at radius 3 is 3.06 bits per heavy atom. The van der Waals surface area contributed by atoms with Crippen LogP contribution in [-0.4, -0.2) is 26.7 Å². The normalized spacial score (nSPS) is 19.8. The first-order valence-electron chi connectivity index (χ1n) is 5.57. The Kier molecular flexibility index (Phi) is 3.91. The zero-order chi connectivity index (χ0) is 11.4. The highest BCUT2D eigenvalue weighted by Gasteiger charge is 2.13. The van der Waals surface area contributed by atoms with Gasteiger partial charge in [-0.15, -0.1) is 0 Å². The second kappa shape index (κ2) is 5.41. The fraction of sp³-hybridized carbons (Fsp3) is 0.500. The summed E-state index contributed by atoms with van der Waals surface area (Å²) in [5, 5.41) is 7.40. The fourth-order valence-corrected chi connectivity index (χ4v) is 2.18. The third kappa shape index (κ3) is 2.80. The summed E-state index contributed by atoms with van der Waals surface area (Å²) in [4.78, 5) is 0. The first kappa shape index (κ1) is 11.6. The lowest BCUT2D eigenvalue weighted by Crippen LogP contribution is -2.17. The van der Waals surface area contributed by atoms with Gasteiger partial charge >= 0.3 is 0 Å². The highest BCUT2D eigenvalue weighted by molar-refractivity contribution is 6.32. The van der Waals surface area contributed by atoms with Gasteiger partial charge in [-0.05, 0) is 43.6 Å². The van der Waals surface area contributed by atoms with Crippen molar-refractivity contribution in [2.45, 2.75) is 6.42 Å². The first-order valence-corrected chi connectivity index (χ1v) is 5.95. The molecule has 1 unspecified atom stereocenters. The molecule has 1 heterocycles. The maximum absolute atomic E-state index is 6.05. The summed E-state index contributed by atoms with van der Waals surface area (Å²) in [6.07, 6.45) is 1.25. The molecule has 0 radical (unpaired) electrons. The van der Waals surface area contributed by atoms with E-state index in [4.69, 9.17) is 16.3 Å². The largest absolute Gasteiger partial charge is 0.495 e. The first-order chi connectivity index (χ1) is 7.79. The van der Waals surface area contributed by atoms with Crippen LogP contribution in [0, 0.1) is 5.92 Å². The molecule has 0 bridgehead atoms. The third-order valence-corrected chi connectivity index (χ3v) is 3.20. The van der Waals surface area contributed by atoms with Gasteiger partial charge in [0, 0.05) is 12.2 Å². The monoisotopic (exact) mass is 240 g/mol. The van der Waals surface area contributed by atoms with Crippen molar-refractivity contribution < 1.29 is 4.74 Å². The van der Waals surface area contributed by atoms with Crippen LogP contribution in [0.1, 0.15) is 6.42 Å². The van der Waals surface area contributed by atoms with E-state index >= 15 is 0 Å². The van der Waals surface area contributed by atoms with Crippen molar-refractivity contribution in [3.63, 3.8) is 0 Å². The van der Waals surface area contributed by atoms with Crippen LogP contribution < -0.4 is 15.4 Å². The van der Waals surface area contributed by atoms with Crippen LogP contribution in [0.3, 0.4) is 0 Å². The molecule has 1 saturated heterocycles. The van der Waals surface area contributed by atoms with Crippen molar-refractivity contribution >= 4 is 17.3 Å². The topological polar surface area (TPSA) is 33.3 Å². The van der Waals surface area contributed by atoms with Gasteiger partial charge in [-0.1, -0.05) is 11.6 Å². The molecule has 0 aromatic heterocycles. The summed E-state index contributed by atoms with van der Waals surface area (Å²) in [5.74, 6) is 1.44. The smallest absolute Gasteiger partial charge is 0.137 e. The molecule has 0 aliphatic carbocycles. The van der Waals surface area contributed by atoms with Gasteiger partial charge in [0.1, 0.15) is 5.75 Å². The Hall–Kier alpha value is -0.930. The highest BCUT2D eigenvalue weighted by atomic mass is 35.5. The van der Waals surface area contributed by atoms with Crippen molar-refractivity contribution in [1.82, 2.24) is 5.32 Å². The second-order valence-corrected chi connectivity index (χ2v) is 4.50. The molecule has 4 heteroatoms. The van der Waals surface area contributed by atoms with E-state index < -0.39 is 0 Å².